The standard InChI is InChI=1S/C37H64O5/c1-3-5-7-9-11-13-15-16-17-18-19-20-22-23-25-27-29-31-36(39)41-34-35(33-38)42-37(40)32-30-28-26-24-21-14-12-10-8-6-4-2/h11,13,16-17,19-20,23,25,35,38H,3-10,12,14-15,18,21-22,24,26-34H2,1-2H3. The minimum atomic E-state index is -0.789. The Balaban J connectivity index is 3.70. The fourth-order valence-corrected chi connectivity index (χ4v) is 4.49. The van der Waals surface area contributed by atoms with Gasteiger partial charge in [0.25, 0.3) is 0 Å². The highest BCUT2D eigenvalue weighted by atomic mass is 16.6. The number of esters is 2. The fourth-order valence-electron chi connectivity index (χ4n) is 4.49. The fraction of sp³-hybridized carbons (Fsp3) is 0.730. The number of carbonyl (C=O) groups is 2. The lowest BCUT2D eigenvalue weighted by molar-refractivity contribution is -0.161. The van der Waals surface area contributed by atoms with Gasteiger partial charge in [0.2, 0.25) is 0 Å². The molecule has 0 heterocycles. The maximum absolute atomic E-state index is 12.1. The van der Waals surface area contributed by atoms with E-state index in [0.717, 1.165) is 44.9 Å². The Kier molecular flexibility index (Phi) is 31.7. The second-order valence-electron chi connectivity index (χ2n) is 11.2. The molecule has 0 rings (SSSR count). The molecule has 0 spiro atoms. The van der Waals surface area contributed by atoms with Gasteiger partial charge in [-0.2, -0.15) is 0 Å². The third-order valence-corrected chi connectivity index (χ3v) is 7.13. The van der Waals surface area contributed by atoms with Crippen LogP contribution in [0.25, 0.3) is 0 Å². The SMILES string of the molecule is CCCCCC=CCC=CCC=CCC=CCCCC(=O)OCC(CO)OC(=O)CCCCCCCCCCCCC. The summed E-state index contributed by atoms with van der Waals surface area (Å²) in [6.07, 6.45) is 40.2. The molecule has 0 saturated heterocycles. The van der Waals surface area contributed by atoms with Gasteiger partial charge in [0.15, 0.2) is 6.10 Å². The molecule has 0 aliphatic heterocycles. The van der Waals surface area contributed by atoms with Crippen molar-refractivity contribution in [1.82, 2.24) is 0 Å². The molecule has 1 atom stereocenters. The maximum Gasteiger partial charge on any atom is 0.306 e. The molecule has 0 aromatic carbocycles. The number of hydrogen-bond donors (Lipinski definition) is 1. The maximum atomic E-state index is 12.1. The molecule has 1 N–H and O–H groups in total. The monoisotopic (exact) mass is 588 g/mol. The Morgan fingerprint density at radius 2 is 0.976 bits per heavy atom. The number of rotatable bonds is 30. The first kappa shape index (κ1) is 39.9. The van der Waals surface area contributed by atoms with Crippen LogP contribution in [-0.4, -0.2) is 36.4 Å². The average Bonchev–Trinajstić information content (AvgIpc) is 2.99. The Labute approximate surface area is 258 Å². The zero-order valence-corrected chi connectivity index (χ0v) is 27.2. The Morgan fingerprint density at radius 3 is 1.50 bits per heavy atom. The quantitative estimate of drug-likeness (QED) is 0.0513. The molecule has 0 aliphatic rings. The third-order valence-electron chi connectivity index (χ3n) is 7.13. The van der Waals surface area contributed by atoms with E-state index in [0.29, 0.717) is 19.3 Å². The van der Waals surface area contributed by atoms with Crippen molar-refractivity contribution in [3.05, 3.63) is 48.6 Å². The summed E-state index contributed by atoms with van der Waals surface area (Å²) in [6.45, 7) is 4.03. The van der Waals surface area contributed by atoms with Crippen LogP contribution in [0.1, 0.15) is 155 Å². The second kappa shape index (κ2) is 33.4. The first-order chi connectivity index (χ1) is 20.6. The highest BCUT2D eigenvalue weighted by Gasteiger charge is 2.15. The molecular weight excluding hydrogens is 524 g/mol. The second-order valence-corrected chi connectivity index (χ2v) is 11.2. The summed E-state index contributed by atoms with van der Waals surface area (Å²) in [5.41, 5.74) is 0. The van der Waals surface area contributed by atoms with Crippen LogP contribution in [-0.2, 0) is 19.1 Å². The first-order valence-electron chi connectivity index (χ1n) is 17.2. The molecule has 0 bridgehead atoms. The van der Waals surface area contributed by atoms with Crippen molar-refractivity contribution >= 4 is 11.9 Å². The van der Waals surface area contributed by atoms with E-state index >= 15 is 0 Å². The van der Waals surface area contributed by atoms with E-state index < -0.39 is 6.10 Å². The van der Waals surface area contributed by atoms with Gasteiger partial charge in [-0.3, -0.25) is 9.59 Å². The van der Waals surface area contributed by atoms with E-state index in [1.807, 2.05) is 0 Å². The Morgan fingerprint density at radius 1 is 0.548 bits per heavy atom. The van der Waals surface area contributed by atoms with Crippen LogP contribution >= 0.6 is 0 Å². The number of carbonyl (C=O) groups excluding carboxylic acids is 2. The van der Waals surface area contributed by atoms with E-state index in [2.05, 4.69) is 62.5 Å². The predicted molar refractivity (Wildman–Crippen MR) is 177 cm³/mol. The zero-order chi connectivity index (χ0) is 30.8. The molecule has 0 amide bonds. The molecule has 0 radical (unpaired) electrons. The Bertz CT molecular complexity index is 722. The summed E-state index contributed by atoms with van der Waals surface area (Å²) in [4.78, 5) is 24.1. The molecule has 5 heteroatoms. The predicted octanol–water partition coefficient (Wildman–Crippen LogP) is 10.3. The molecule has 242 valence electrons. The van der Waals surface area contributed by atoms with Gasteiger partial charge in [-0.15, -0.1) is 0 Å². The van der Waals surface area contributed by atoms with Gasteiger partial charge in [-0.25, -0.2) is 0 Å². The molecule has 1 unspecified atom stereocenters. The first-order valence-corrected chi connectivity index (χ1v) is 17.2. The summed E-state index contributed by atoms with van der Waals surface area (Å²) >= 11 is 0. The summed E-state index contributed by atoms with van der Waals surface area (Å²) in [5, 5.41) is 9.49. The number of unbranched alkanes of at least 4 members (excludes halogenated alkanes) is 14. The lowest BCUT2D eigenvalue weighted by Crippen LogP contribution is -2.28. The molecule has 0 fully saturated rings. The minimum Gasteiger partial charge on any atom is -0.462 e. The van der Waals surface area contributed by atoms with Crippen molar-refractivity contribution in [3.8, 4) is 0 Å². The minimum absolute atomic E-state index is 0.0936. The van der Waals surface area contributed by atoms with Crippen LogP contribution < -0.4 is 0 Å². The molecule has 0 aromatic rings. The van der Waals surface area contributed by atoms with Crippen molar-refractivity contribution in [2.75, 3.05) is 13.2 Å². The molecular formula is C37H64O5. The molecule has 5 nitrogen and oxygen atoms in total. The van der Waals surface area contributed by atoms with E-state index in [4.69, 9.17) is 9.47 Å². The largest absolute Gasteiger partial charge is 0.462 e. The number of aliphatic hydroxyl groups excluding tert-OH is 1. The van der Waals surface area contributed by atoms with Crippen LogP contribution in [0.15, 0.2) is 48.6 Å². The summed E-state index contributed by atoms with van der Waals surface area (Å²) in [5.74, 6) is -0.660. The van der Waals surface area contributed by atoms with Crippen LogP contribution in [0.3, 0.4) is 0 Å². The average molecular weight is 589 g/mol. The van der Waals surface area contributed by atoms with E-state index in [-0.39, 0.29) is 25.2 Å². The zero-order valence-electron chi connectivity index (χ0n) is 27.2. The van der Waals surface area contributed by atoms with Crippen molar-refractivity contribution < 1.29 is 24.2 Å². The molecule has 0 aromatic heterocycles. The van der Waals surface area contributed by atoms with Crippen LogP contribution in [0.4, 0.5) is 0 Å². The number of aliphatic hydroxyl groups is 1. The Hall–Kier alpha value is -2.14. The number of hydrogen-bond acceptors (Lipinski definition) is 5. The van der Waals surface area contributed by atoms with Crippen LogP contribution in [0.2, 0.25) is 0 Å². The van der Waals surface area contributed by atoms with Crippen molar-refractivity contribution in [1.29, 1.82) is 0 Å². The highest BCUT2D eigenvalue weighted by molar-refractivity contribution is 5.70. The van der Waals surface area contributed by atoms with E-state index in [1.165, 1.54) is 77.0 Å². The summed E-state index contributed by atoms with van der Waals surface area (Å²) in [7, 11) is 0. The van der Waals surface area contributed by atoms with Crippen LogP contribution in [0.5, 0.6) is 0 Å². The van der Waals surface area contributed by atoms with Crippen molar-refractivity contribution in [3.63, 3.8) is 0 Å². The van der Waals surface area contributed by atoms with Gasteiger partial charge in [-0.05, 0) is 51.4 Å². The highest BCUT2D eigenvalue weighted by Crippen LogP contribution is 2.12. The summed E-state index contributed by atoms with van der Waals surface area (Å²) < 4.78 is 10.5. The van der Waals surface area contributed by atoms with Gasteiger partial charge in [0.05, 0.1) is 6.61 Å². The number of allylic oxidation sites excluding steroid dienone is 8. The normalized spacial score (nSPS) is 12.7. The van der Waals surface area contributed by atoms with Gasteiger partial charge in [0.1, 0.15) is 6.61 Å². The smallest absolute Gasteiger partial charge is 0.306 e. The van der Waals surface area contributed by atoms with Gasteiger partial charge < -0.3 is 14.6 Å². The number of ether oxygens (including phenoxy) is 2. The topological polar surface area (TPSA) is 72.8 Å². The van der Waals surface area contributed by atoms with Gasteiger partial charge >= 0.3 is 11.9 Å². The van der Waals surface area contributed by atoms with Gasteiger partial charge in [-0.1, -0.05) is 140 Å². The molecule has 42 heavy (non-hydrogen) atoms. The molecule has 0 saturated carbocycles. The van der Waals surface area contributed by atoms with E-state index in [1.54, 1.807) is 0 Å². The van der Waals surface area contributed by atoms with Crippen molar-refractivity contribution in [2.45, 2.75) is 161 Å². The van der Waals surface area contributed by atoms with E-state index in [9.17, 15) is 14.7 Å². The lowest BCUT2D eigenvalue weighted by Gasteiger charge is -2.15. The lowest BCUT2D eigenvalue weighted by atomic mass is 10.1. The van der Waals surface area contributed by atoms with Crippen molar-refractivity contribution in [2.24, 2.45) is 0 Å². The third kappa shape index (κ3) is 30.8. The van der Waals surface area contributed by atoms with Gasteiger partial charge in [0, 0.05) is 12.8 Å². The summed E-state index contributed by atoms with van der Waals surface area (Å²) in [6, 6.07) is 0. The van der Waals surface area contributed by atoms with Crippen LogP contribution in [0, 0.1) is 0 Å². The molecule has 0 aliphatic carbocycles.